The first-order valence-corrected chi connectivity index (χ1v) is 18.6. The van der Waals surface area contributed by atoms with Crippen molar-refractivity contribution in [2.45, 2.75) is 135 Å². The summed E-state index contributed by atoms with van der Waals surface area (Å²) >= 11 is 0. The van der Waals surface area contributed by atoms with Crippen molar-refractivity contribution in [3.05, 3.63) is 95.1 Å². The van der Waals surface area contributed by atoms with Gasteiger partial charge in [0.05, 0.1) is 5.56 Å². The van der Waals surface area contributed by atoms with Crippen LogP contribution in [0, 0.1) is 17.8 Å². The van der Waals surface area contributed by atoms with E-state index in [0.29, 0.717) is 17.8 Å². The summed E-state index contributed by atoms with van der Waals surface area (Å²) in [5, 5.41) is 0. The van der Waals surface area contributed by atoms with E-state index >= 15 is 0 Å². The zero-order chi connectivity index (χ0) is 37.9. The molecule has 0 bridgehead atoms. The molecule has 0 atom stereocenters. The summed E-state index contributed by atoms with van der Waals surface area (Å²) in [6, 6.07) is 19.1. The van der Waals surface area contributed by atoms with Gasteiger partial charge >= 0.3 is 19.2 Å². The van der Waals surface area contributed by atoms with Crippen molar-refractivity contribution in [3.63, 3.8) is 0 Å². The van der Waals surface area contributed by atoms with Crippen molar-refractivity contribution in [3.8, 4) is 11.5 Å². The summed E-state index contributed by atoms with van der Waals surface area (Å²) in [4.78, 5) is 0. The second kappa shape index (κ2) is 19.2. The third-order valence-corrected chi connectivity index (χ3v) is 10.9. The normalized spacial score (nSPS) is 25.2. The SMILES string of the molecule is CC1CCC(c2ccc(C(F)(F)F)cc2)CC1.CC1CCC(c2ccc(OC(F)(F)F)cc2)CC1.CC1CCC(c2ccc(OC(F)F)cc2)CC1. The topological polar surface area (TPSA) is 18.5 Å². The van der Waals surface area contributed by atoms with E-state index in [0.717, 1.165) is 54.6 Å². The molecule has 2 nitrogen and oxygen atoms in total. The highest BCUT2D eigenvalue weighted by atomic mass is 19.4. The third-order valence-electron chi connectivity index (χ3n) is 10.9. The van der Waals surface area contributed by atoms with Crippen molar-refractivity contribution in [2.75, 3.05) is 0 Å². The maximum Gasteiger partial charge on any atom is 0.573 e. The van der Waals surface area contributed by atoms with Crippen molar-refractivity contribution in [2.24, 2.45) is 17.8 Å². The van der Waals surface area contributed by atoms with Gasteiger partial charge in [0, 0.05) is 0 Å². The van der Waals surface area contributed by atoms with Gasteiger partial charge in [0.15, 0.2) is 0 Å². The van der Waals surface area contributed by atoms with Crippen LogP contribution in [0.5, 0.6) is 11.5 Å². The molecular formula is C42H52F8O2. The van der Waals surface area contributed by atoms with Gasteiger partial charge in [-0.05, 0) is 127 Å². The Morgan fingerprint density at radius 3 is 1.06 bits per heavy atom. The fourth-order valence-corrected chi connectivity index (χ4v) is 7.59. The third kappa shape index (κ3) is 13.9. The summed E-state index contributed by atoms with van der Waals surface area (Å²) in [5.74, 6) is 3.99. The molecule has 288 valence electrons. The van der Waals surface area contributed by atoms with Crippen LogP contribution in [0.25, 0.3) is 0 Å². The number of ether oxygens (including phenoxy) is 2. The van der Waals surface area contributed by atoms with E-state index in [4.69, 9.17) is 0 Å². The fourth-order valence-electron chi connectivity index (χ4n) is 7.59. The van der Waals surface area contributed by atoms with Crippen molar-refractivity contribution in [1.82, 2.24) is 0 Å². The van der Waals surface area contributed by atoms with Gasteiger partial charge in [-0.15, -0.1) is 13.2 Å². The summed E-state index contributed by atoms with van der Waals surface area (Å²) < 4.78 is 105. The smallest absolute Gasteiger partial charge is 0.435 e. The summed E-state index contributed by atoms with van der Waals surface area (Å²) in [6.45, 7) is 4.03. The Bertz CT molecular complexity index is 1430. The number of halogens is 8. The monoisotopic (exact) mass is 740 g/mol. The molecule has 0 heterocycles. The van der Waals surface area contributed by atoms with Crippen LogP contribution in [0.15, 0.2) is 72.8 Å². The Morgan fingerprint density at radius 1 is 0.462 bits per heavy atom. The number of rotatable bonds is 6. The van der Waals surface area contributed by atoms with Gasteiger partial charge < -0.3 is 9.47 Å². The second-order valence-corrected chi connectivity index (χ2v) is 15.1. The van der Waals surface area contributed by atoms with Crippen LogP contribution in [-0.4, -0.2) is 13.0 Å². The molecule has 0 saturated heterocycles. The Balaban J connectivity index is 0.000000175. The summed E-state index contributed by atoms with van der Waals surface area (Å²) in [6.07, 6.45) is 5.34. The van der Waals surface area contributed by atoms with Gasteiger partial charge in [0.2, 0.25) is 0 Å². The van der Waals surface area contributed by atoms with E-state index in [2.05, 4.69) is 30.2 Å². The molecule has 3 aromatic rings. The van der Waals surface area contributed by atoms with Gasteiger partial charge in [-0.25, -0.2) is 0 Å². The first-order chi connectivity index (χ1) is 24.6. The first kappa shape index (κ1) is 41.5. The van der Waals surface area contributed by atoms with Crippen LogP contribution in [0.3, 0.4) is 0 Å². The highest BCUT2D eigenvalue weighted by molar-refractivity contribution is 5.31. The molecule has 0 N–H and O–H groups in total. The predicted molar refractivity (Wildman–Crippen MR) is 189 cm³/mol. The lowest BCUT2D eigenvalue weighted by Crippen LogP contribution is -2.17. The summed E-state index contributed by atoms with van der Waals surface area (Å²) in [7, 11) is 0. The maximum absolute atomic E-state index is 12.4. The van der Waals surface area contributed by atoms with E-state index in [1.807, 2.05) is 12.1 Å². The van der Waals surface area contributed by atoms with Crippen LogP contribution in [-0.2, 0) is 6.18 Å². The van der Waals surface area contributed by atoms with E-state index in [1.54, 1.807) is 36.4 Å². The largest absolute Gasteiger partial charge is 0.573 e. The molecular weight excluding hydrogens is 688 g/mol. The van der Waals surface area contributed by atoms with Crippen molar-refractivity contribution in [1.29, 1.82) is 0 Å². The lowest BCUT2D eigenvalue weighted by molar-refractivity contribution is -0.274. The molecule has 3 aliphatic carbocycles. The number of benzene rings is 3. The number of alkyl halides is 8. The van der Waals surface area contributed by atoms with Crippen LogP contribution >= 0.6 is 0 Å². The zero-order valence-electron chi connectivity index (χ0n) is 30.3. The van der Waals surface area contributed by atoms with Gasteiger partial charge in [0.1, 0.15) is 11.5 Å². The van der Waals surface area contributed by atoms with Crippen LogP contribution in [0.1, 0.15) is 138 Å². The first-order valence-electron chi connectivity index (χ1n) is 18.6. The van der Waals surface area contributed by atoms with Crippen LogP contribution < -0.4 is 9.47 Å². The van der Waals surface area contributed by atoms with Gasteiger partial charge in [-0.1, -0.05) is 95.7 Å². The standard InChI is InChI=1S/C14H17F3O.C14H17F3.C14H18F2O/c1-10-2-4-11(5-3-10)12-6-8-13(9-7-12)18-14(15,16)17;1-10-2-4-11(5-3-10)12-6-8-13(9-7-12)14(15,16)17;1-10-2-4-11(5-3-10)12-6-8-13(9-7-12)17-14(15)16/h6-11H,2-5H2,1H3;6-11H,2-5H2,1H3;6-11,14H,2-5H2,1H3. The molecule has 0 amide bonds. The lowest BCUT2D eigenvalue weighted by Gasteiger charge is -2.26. The molecule has 0 spiro atoms. The molecule has 3 saturated carbocycles. The van der Waals surface area contributed by atoms with Gasteiger partial charge in [-0.2, -0.15) is 22.0 Å². The molecule has 3 fully saturated rings. The number of hydrogen-bond donors (Lipinski definition) is 0. The highest BCUT2D eigenvalue weighted by Gasteiger charge is 2.32. The molecule has 3 aliphatic rings. The number of hydrogen-bond acceptors (Lipinski definition) is 2. The Hall–Kier alpha value is -3.30. The Labute approximate surface area is 303 Å². The minimum Gasteiger partial charge on any atom is -0.435 e. The molecule has 3 aromatic carbocycles. The molecule has 0 aliphatic heterocycles. The maximum atomic E-state index is 12.4. The van der Waals surface area contributed by atoms with E-state index in [1.165, 1.54) is 81.2 Å². The van der Waals surface area contributed by atoms with E-state index < -0.39 is 24.7 Å². The predicted octanol–water partition coefficient (Wildman–Crippen LogP) is 14.5. The van der Waals surface area contributed by atoms with Gasteiger partial charge in [-0.3, -0.25) is 0 Å². The van der Waals surface area contributed by atoms with Crippen LogP contribution in [0.4, 0.5) is 35.1 Å². The highest BCUT2D eigenvalue weighted by Crippen LogP contribution is 2.39. The molecule has 0 unspecified atom stereocenters. The fraction of sp³-hybridized carbons (Fsp3) is 0.571. The van der Waals surface area contributed by atoms with Crippen molar-refractivity contribution < 1.29 is 44.6 Å². The second-order valence-electron chi connectivity index (χ2n) is 15.1. The zero-order valence-corrected chi connectivity index (χ0v) is 30.3. The lowest BCUT2D eigenvalue weighted by atomic mass is 9.79. The minimum atomic E-state index is -4.61. The Morgan fingerprint density at radius 2 is 0.769 bits per heavy atom. The van der Waals surface area contributed by atoms with E-state index in [9.17, 15) is 35.1 Å². The van der Waals surface area contributed by atoms with Crippen molar-refractivity contribution >= 4 is 0 Å². The summed E-state index contributed by atoms with van der Waals surface area (Å²) in [5.41, 5.74) is 2.88. The van der Waals surface area contributed by atoms with Gasteiger partial charge in [0.25, 0.3) is 0 Å². The quantitative estimate of drug-likeness (QED) is 0.234. The molecule has 0 aromatic heterocycles. The molecule has 6 rings (SSSR count). The molecule has 10 heteroatoms. The molecule has 0 radical (unpaired) electrons. The minimum absolute atomic E-state index is 0.143. The van der Waals surface area contributed by atoms with E-state index in [-0.39, 0.29) is 11.5 Å². The van der Waals surface area contributed by atoms with Crippen LogP contribution in [0.2, 0.25) is 0 Å². The average Bonchev–Trinajstić information content (AvgIpc) is 3.09. The average molecular weight is 741 g/mol. The Kier molecular flexibility index (Phi) is 15.3. The molecule has 52 heavy (non-hydrogen) atoms.